The van der Waals surface area contributed by atoms with Gasteiger partial charge in [0.05, 0.1) is 36.0 Å². The number of hydrogen-bond acceptors (Lipinski definition) is 29. The van der Waals surface area contributed by atoms with Crippen LogP contribution >= 0.6 is 11.8 Å². The number of rotatable bonds is 17. The molecule has 0 spiro atoms. The van der Waals surface area contributed by atoms with E-state index >= 15 is 14.4 Å². The lowest BCUT2D eigenvalue weighted by atomic mass is 9.88. The number of benzene rings is 2. The number of Topliss-reactive ketones (excluding diaryl/α,β-unsaturated/α-hetero) is 2. The van der Waals surface area contributed by atoms with Crippen molar-refractivity contribution in [2.24, 2.45) is 23.7 Å². The fourth-order valence-corrected chi connectivity index (χ4v) is 20.3. The number of anilines is 1. The van der Waals surface area contributed by atoms with Crippen LogP contribution in [0.2, 0.25) is 0 Å². The number of carbonyl (C=O) groups excluding carboxylic acids is 12. The number of ketones is 2. The van der Waals surface area contributed by atoms with Gasteiger partial charge in [0.2, 0.25) is 41.3 Å². The van der Waals surface area contributed by atoms with Crippen molar-refractivity contribution in [3.8, 4) is 5.75 Å². The van der Waals surface area contributed by atoms with Crippen molar-refractivity contribution in [3.05, 3.63) is 144 Å². The molecule has 38 nitrogen and oxygen atoms in total. The summed E-state index contributed by atoms with van der Waals surface area (Å²) in [5.74, 6) is -9.05. The highest BCUT2D eigenvalue weighted by Gasteiger charge is 2.52. The number of aliphatic hydroxyl groups excluding tert-OH is 1. The van der Waals surface area contributed by atoms with Gasteiger partial charge in [-0.15, -0.1) is 0 Å². The van der Waals surface area contributed by atoms with Crippen molar-refractivity contribution in [1.29, 1.82) is 0 Å². The number of sulfone groups is 1. The number of likely N-dealkylation sites (N-methyl/N-ethyl adjacent to an activating group) is 1. The summed E-state index contributed by atoms with van der Waals surface area (Å²) in [5, 5.41) is 30.8. The summed E-state index contributed by atoms with van der Waals surface area (Å²) in [6.07, 6.45) is 10.5. The highest BCUT2D eigenvalue weighted by molar-refractivity contribution is 8.00. The third-order valence-electron chi connectivity index (χ3n) is 23.8. The fourth-order valence-electron chi connectivity index (χ4n) is 16.8. The molecule has 8 amide bonds. The number of thioether (sulfide) groups is 1. The molecule has 14 atom stereocenters. The Labute approximate surface area is 769 Å². The molecule has 8 aliphatic rings. The number of nitrogens with zero attached hydrogens (tertiary/aromatic N) is 9. The van der Waals surface area contributed by atoms with Crippen LogP contribution in [-0.4, -0.2) is 330 Å². The average Bonchev–Trinajstić information content (AvgIpc) is 1.66. The summed E-state index contributed by atoms with van der Waals surface area (Å²) in [7, 11) is -5.88. The largest absolute Gasteiger partial charge is 0.505 e. The molecule has 7 saturated heterocycles. The van der Waals surface area contributed by atoms with Gasteiger partial charge in [-0.1, -0.05) is 114 Å². The summed E-state index contributed by atoms with van der Waals surface area (Å²) in [6, 6.07) is 8.81. The number of esters is 2. The van der Waals surface area contributed by atoms with E-state index in [4.69, 9.17) is 23.0 Å². The van der Waals surface area contributed by atoms with Gasteiger partial charge in [-0.2, -0.15) is 28.6 Å². The number of nitrogens with one attached hydrogen (secondary N) is 4. The first-order valence-electron chi connectivity index (χ1n) is 43.8. The van der Waals surface area contributed by atoms with Gasteiger partial charge in [-0.05, 0) is 132 Å². The lowest BCUT2D eigenvalue weighted by molar-refractivity contribution is -0.158. The van der Waals surface area contributed by atoms with Crippen molar-refractivity contribution in [3.63, 3.8) is 0 Å². The maximum atomic E-state index is 15.7. The molecular formula is C89H125N13O25S4. The van der Waals surface area contributed by atoms with Crippen molar-refractivity contribution in [1.82, 2.24) is 60.6 Å². The second-order valence-corrected chi connectivity index (χ2v) is 40.8. The Bertz CT molecular complexity index is 5100. The zero-order valence-electron chi connectivity index (χ0n) is 76.2. The molecule has 131 heavy (non-hydrogen) atoms. The molecule has 42 heteroatoms. The Balaban J connectivity index is 0.000000314. The van der Waals surface area contributed by atoms with Crippen LogP contribution in [0.1, 0.15) is 151 Å². The number of carbonyl (C=O) groups is 12. The van der Waals surface area contributed by atoms with E-state index in [0.717, 1.165) is 54.9 Å². The number of allylic oxidation sites excluding steroid dienone is 2. The summed E-state index contributed by atoms with van der Waals surface area (Å²) in [5.41, 5.74) is 1.99. The highest BCUT2D eigenvalue weighted by atomic mass is 32.2. The van der Waals surface area contributed by atoms with E-state index in [0.29, 0.717) is 54.5 Å². The highest BCUT2D eigenvalue weighted by Crippen LogP contribution is 2.38. The van der Waals surface area contributed by atoms with Crippen molar-refractivity contribution < 1.29 is 116 Å². The molecule has 4 bridgehead atoms. The third-order valence-corrected chi connectivity index (χ3v) is 27.5. The number of oxazole rings is 1. The number of aromatic hydroxyl groups is 1. The first-order chi connectivity index (χ1) is 61.7. The monoisotopic (exact) mass is 1900 g/mol. The molecule has 0 aliphatic carbocycles. The number of cyclic esters (lactones) is 2. The van der Waals surface area contributed by atoms with Crippen molar-refractivity contribution in [2.75, 3.05) is 116 Å². The molecule has 7 fully saturated rings. The molecule has 10 heterocycles. The smallest absolute Gasteiger partial charge is 0.333 e. The number of aromatic nitrogens is 2. The van der Waals surface area contributed by atoms with Crippen molar-refractivity contribution >= 4 is 118 Å². The van der Waals surface area contributed by atoms with Crippen molar-refractivity contribution in [2.45, 2.75) is 191 Å². The molecule has 720 valence electrons. The summed E-state index contributed by atoms with van der Waals surface area (Å²) < 4.78 is 96.6. The standard InChI is InChI=1S/C53H67N9O10S.C34H50N4O9S.2CH4O3S/c1-6-37-50(68)61-23-11-14-38(61)51(69)59(5)40(26-32-16-18-36(19-17-32)58(3)4)52(70)62-28-35(30-73-43-29-60-24-20-33(43)21-25-60)42(64)27-39(62)47(65)57-45(34-12-8-7-9-13-34)53(71)72-31(2)44(48(66)55-37)56-49(67)46-41(63)15-10-22-54-46;1-7-37(8-2)16-17-48(44,45)28-13-15-38-31(28)34(43)47-32(22(3)4)24(6)11-12-29(41)35-14-9-10-23(5)18-25(39)19-26(40)20-30-36-27(21-46-30)33(38)42;2*1-5(2,3)4/h7-10,12-13,15-19,22,31,33,35,37-40,43-45,63H,6,11,14,20-21,23-30H2,1-5H3,(H,55,66)(H,56,67)(H,57,65);9-12,18,21-22,24-25,28,31-32,39H,7-8,13-17,19-20H2,1-6H3,(H,35,41);2*1H3,(H,2,3,4)/b;10-9+,12-11+,23-18+;;/t31?,35?,37-,38+,39+,40+,43?,44+,45+;24-,25-,28-,31-,32-;;/m11../s1. The number of fused-ring (bicyclic) bond motifs is 8. The molecule has 3 unspecified atom stereocenters. The minimum atomic E-state index is -3.87. The normalized spacial score (nSPS) is 27.6. The van der Waals surface area contributed by atoms with E-state index in [2.05, 4.69) is 36.1 Å². The van der Waals surface area contributed by atoms with Gasteiger partial charge >= 0.3 is 11.9 Å². The molecule has 8 N–H and O–H groups in total. The Morgan fingerprint density at radius 3 is 2.02 bits per heavy atom. The average molecular weight is 1910 g/mol. The number of ether oxygens (including phenoxy) is 2. The number of amides is 8. The molecule has 12 rings (SSSR count). The topological polar surface area (TPSA) is 516 Å². The first kappa shape index (κ1) is 106. The lowest BCUT2D eigenvalue weighted by Gasteiger charge is -2.45. The van der Waals surface area contributed by atoms with E-state index in [1.165, 1.54) is 59.2 Å². The van der Waals surface area contributed by atoms with Gasteiger partial charge in [-0.25, -0.2) is 28.0 Å². The predicted octanol–water partition coefficient (Wildman–Crippen LogP) is 3.60. The Morgan fingerprint density at radius 2 is 1.41 bits per heavy atom. The molecule has 4 aromatic rings. The third kappa shape index (κ3) is 30.9. The van der Waals surface area contributed by atoms with E-state index in [9.17, 15) is 78.6 Å². The SMILES string of the molecule is CCN(CC)CCS(=O)(=O)[C@@H]1CCN2C(=O)c3coc(n3)CC(=O)C[C@H](O)/C=C(C)/C=C/CNC(=O)/C=C/[C@@H](C)[C@@H](C(C)C)OC(=O)[C@@H]12.CC[C@H]1NC(=O)[C@@H](NC(=O)c2ncccc2O)C(C)OC(=O)[C@H](c2ccccc2)NC(=O)[C@@H]2CC(=O)C(CSC3CN4CCC3CC4)CN2C(=O)[C@H](Cc2ccc(N(C)C)cc2)N(C)C(=O)[C@@H]2CCCN2C1=O.CS(=O)(=O)O.CS(=O)(=O)O. The first-order valence-corrected chi connectivity index (χ1v) is 50.2. The van der Waals surface area contributed by atoms with E-state index in [1.54, 1.807) is 81.1 Å². The molecular weight excluding hydrogens is 1780 g/mol. The van der Waals surface area contributed by atoms with Gasteiger partial charge < -0.3 is 79.7 Å². The van der Waals surface area contributed by atoms with Crippen LogP contribution in [0.25, 0.3) is 0 Å². The van der Waals surface area contributed by atoms with Crippen LogP contribution in [0.3, 0.4) is 0 Å². The van der Waals surface area contributed by atoms with Crippen LogP contribution in [0.5, 0.6) is 5.75 Å². The maximum absolute atomic E-state index is 15.7. The van der Waals surface area contributed by atoms with Gasteiger partial charge in [0.25, 0.3) is 32.1 Å². The Hall–Kier alpha value is -10.3. The second-order valence-electron chi connectivity index (χ2n) is 34.3. The lowest BCUT2D eigenvalue weighted by Crippen LogP contribution is -2.63. The minimum absolute atomic E-state index is 0.0243. The van der Waals surface area contributed by atoms with E-state index in [-0.39, 0.29) is 124 Å². The minimum Gasteiger partial charge on any atom is -0.505 e. The fraction of sp³-hybridized carbons (Fsp3) is 0.573. The van der Waals surface area contributed by atoms with Gasteiger partial charge in [0.15, 0.2) is 27.3 Å². The van der Waals surface area contributed by atoms with Crippen LogP contribution in [0, 0.1) is 23.7 Å². The molecule has 2 aromatic carbocycles. The number of piperidine rings is 4. The zero-order chi connectivity index (χ0) is 96.7. The number of pyridine rings is 1. The van der Waals surface area contributed by atoms with Crippen LogP contribution in [0.4, 0.5) is 5.69 Å². The Kier molecular flexibility index (Phi) is 39.1. The number of hydrogen-bond donors (Lipinski definition) is 8. The van der Waals surface area contributed by atoms with Gasteiger partial charge in [-0.3, -0.25) is 57.1 Å². The van der Waals surface area contributed by atoms with Gasteiger partial charge in [0.1, 0.15) is 72.0 Å². The molecule has 0 radical (unpaired) electrons. The Morgan fingerprint density at radius 1 is 0.748 bits per heavy atom. The van der Waals surface area contributed by atoms with Crippen LogP contribution in [0.15, 0.2) is 120 Å². The predicted molar refractivity (Wildman–Crippen MR) is 487 cm³/mol. The summed E-state index contributed by atoms with van der Waals surface area (Å²) in [6.45, 7) is 19.0. The quantitative estimate of drug-likeness (QED) is 0.0553. The summed E-state index contributed by atoms with van der Waals surface area (Å²) >= 11 is 1.73. The molecule has 2 aromatic heterocycles. The maximum Gasteiger partial charge on any atom is 0.333 e. The van der Waals surface area contributed by atoms with E-state index in [1.807, 2.05) is 75.9 Å². The summed E-state index contributed by atoms with van der Waals surface area (Å²) in [4.78, 5) is 190. The van der Waals surface area contributed by atoms with Gasteiger partial charge in [0, 0.05) is 114 Å². The molecule has 0 saturated carbocycles. The number of aliphatic hydroxyl groups is 1. The zero-order valence-corrected chi connectivity index (χ0v) is 79.5. The van der Waals surface area contributed by atoms with E-state index < -0.39 is 172 Å². The molecule has 8 aliphatic heterocycles. The van der Waals surface area contributed by atoms with Crippen LogP contribution < -0.4 is 26.2 Å². The van der Waals surface area contributed by atoms with Crippen LogP contribution in [-0.2, 0) is 100 Å². The second kappa shape index (κ2) is 48.4.